The number of aromatic nitrogens is 4. The average Bonchev–Trinajstić information content (AvgIpc) is 1.62. The lowest BCUT2D eigenvalue weighted by Crippen LogP contribution is -2.17. The van der Waals surface area contributed by atoms with E-state index in [4.69, 9.17) is 19.9 Å². The summed E-state index contributed by atoms with van der Waals surface area (Å²) in [5.74, 6) is 1.35. The maximum Gasteiger partial charge on any atom is 0.235 e. The summed E-state index contributed by atoms with van der Waals surface area (Å²) in [6.07, 6.45) is 0. The van der Waals surface area contributed by atoms with E-state index in [-0.39, 0.29) is 5.41 Å². The SMILES string of the molecule is CC1(C)c2ccccc2-c2ccc(N(c3ccc(-c4ccccc4)cc3)c3nc(-c4ccc5c(c4)sc4cc6ccccc6cc45)c4ccccc4n3)cc21.c1ccc(-c2ccc(N(c3ccccc3)c3ccc(-c4nc(-c5ccc6c(c5)sc5cc7ccccc7cc56)c5ccccc5n4)cc3)cc2)cc1. The summed E-state index contributed by atoms with van der Waals surface area (Å²) >= 11 is 3.69. The molecule has 0 saturated carbocycles. The van der Waals surface area contributed by atoms with E-state index in [0.717, 1.165) is 78.3 Å². The van der Waals surface area contributed by atoms with Gasteiger partial charge >= 0.3 is 0 Å². The van der Waals surface area contributed by atoms with Gasteiger partial charge in [0.1, 0.15) is 0 Å². The number of hydrogen-bond donors (Lipinski definition) is 0. The summed E-state index contributed by atoms with van der Waals surface area (Å²) in [6, 6.07) is 130. The summed E-state index contributed by atoms with van der Waals surface area (Å²) in [6.45, 7) is 4.66. The van der Waals surface area contributed by atoms with Gasteiger partial charge in [0.15, 0.2) is 5.82 Å². The molecule has 0 aliphatic heterocycles. The lowest BCUT2D eigenvalue weighted by Gasteiger charge is -2.27. The zero-order chi connectivity index (χ0) is 71.1. The van der Waals surface area contributed by atoms with Crippen LogP contribution in [0.5, 0.6) is 0 Å². The largest absolute Gasteiger partial charge is 0.311 e. The summed E-state index contributed by atoms with van der Waals surface area (Å²) < 4.78 is 5.11. The van der Waals surface area contributed by atoms with Crippen molar-refractivity contribution in [1.29, 1.82) is 0 Å². The maximum absolute atomic E-state index is 5.50. The number of fused-ring (bicyclic) bond motifs is 13. The van der Waals surface area contributed by atoms with Crippen molar-refractivity contribution in [3.05, 3.63) is 375 Å². The molecule has 20 aromatic rings. The molecule has 0 atom stereocenters. The van der Waals surface area contributed by atoms with Crippen LogP contribution in [0.4, 0.5) is 34.4 Å². The Hall–Kier alpha value is -13.2. The van der Waals surface area contributed by atoms with Crippen molar-refractivity contribution in [2.45, 2.75) is 19.3 Å². The van der Waals surface area contributed by atoms with E-state index >= 15 is 0 Å². The molecule has 6 nitrogen and oxygen atoms in total. The Morgan fingerprint density at radius 3 is 1.19 bits per heavy atom. The van der Waals surface area contributed by atoms with Crippen LogP contribution in [-0.2, 0) is 5.41 Å². The first-order chi connectivity index (χ1) is 52.7. The molecule has 16 aromatic carbocycles. The second-order valence-electron chi connectivity index (χ2n) is 28.1. The van der Waals surface area contributed by atoms with E-state index in [0.29, 0.717) is 11.8 Å². The minimum absolute atomic E-state index is 0.147. The standard InChI is InChI=1S/C51H35N3S.C48H31N3S/c1-51(2)44-18-10-8-16-39(44)40-27-25-38(31-45(40)51)54(37-23-20-33(21-24-37)32-12-4-3-5-13-32)50-52-46-19-11-9-17-42(46)49(53-50)36-22-26-41-43-28-34-14-6-7-15-35(34)29-48(43)55-47(41)30-36;1-3-11-32(12-4-1)33-19-24-39(25-20-33)51(38-15-5-2-6-16-38)40-26-21-34(22-27-40)48-49-44-18-10-9-17-42(44)47(50-48)37-23-28-41-43-29-35-13-7-8-14-36(35)30-46(43)52-45(41)31-37/h3-31H,1-2H3;1-31H. The molecule has 0 fully saturated rings. The molecule has 1 aliphatic rings. The zero-order valence-electron chi connectivity index (χ0n) is 58.6. The molecule has 4 heterocycles. The third-order valence-electron chi connectivity index (χ3n) is 21.3. The molecule has 0 N–H and O–H groups in total. The molecule has 0 spiro atoms. The van der Waals surface area contributed by atoms with Crippen LogP contribution in [0, 0.1) is 0 Å². The van der Waals surface area contributed by atoms with E-state index in [9.17, 15) is 0 Å². The predicted molar refractivity (Wildman–Crippen MR) is 454 cm³/mol. The van der Waals surface area contributed by atoms with Crippen LogP contribution in [0.2, 0.25) is 0 Å². The molecule has 504 valence electrons. The number of anilines is 6. The average molecular weight is 1400 g/mol. The van der Waals surface area contributed by atoms with Crippen molar-refractivity contribution in [2.75, 3.05) is 9.80 Å². The van der Waals surface area contributed by atoms with Crippen molar-refractivity contribution < 1.29 is 0 Å². The number of nitrogens with zero attached hydrogens (tertiary/aromatic N) is 6. The Morgan fingerprint density at radius 1 is 0.243 bits per heavy atom. The monoisotopic (exact) mass is 1400 g/mol. The topological polar surface area (TPSA) is 58.0 Å². The van der Waals surface area contributed by atoms with Gasteiger partial charge in [0.05, 0.1) is 22.4 Å². The summed E-state index contributed by atoms with van der Waals surface area (Å²) in [4.78, 5) is 25.6. The molecule has 107 heavy (non-hydrogen) atoms. The molecule has 21 rings (SSSR count). The summed E-state index contributed by atoms with van der Waals surface area (Å²) in [7, 11) is 0. The lowest BCUT2D eigenvalue weighted by atomic mass is 9.82. The second kappa shape index (κ2) is 26.2. The molecule has 0 radical (unpaired) electrons. The molecule has 0 saturated heterocycles. The van der Waals surface area contributed by atoms with E-state index in [1.165, 1.54) is 106 Å². The van der Waals surface area contributed by atoms with Crippen molar-refractivity contribution >= 4 is 141 Å². The fraction of sp³-hybridized carbons (Fsp3) is 0.0303. The van der Waals surface area contributed by atoms with Gasteiger partial charge in [-0.1, -0.05) is 257 Å². The fourth-order valence-electron chi connectivity index (χ4n) is 15.9. The zero-order valence-corrected chi connectivity index (χ0v) is 60.3. The molecule has 0 amide bonds. The Kier molecular flexibility index (Phi) is 15.5. The highest BCUT2D eigenvalue weighted by Gasteiger charge is 2.36. The predicted octanol–water partition coefficient (Wildman–Crippen LogP) is 27.9. The number of thiophene rings is 2. The van der Waals surface area contributed by atoms with Gasteiger partial charge in [0.25, 0.3) is 0 Å². The van der Waals surface area contributed by atoms with Crippen LogP contribution in [0.15, 0.2) is 364 Å². The summed E-state index contributed by atoms with van der Waals surface area (Å²) in [5, 5.41) is 12.3. The molecule has 0 bridgehead atoms. The first-order valence-electron chi connectivity index (χ1n) is 36.3. The van der Waals surface area contributed by atoms with Crippen molar-refractivity contribution in [3.63, 3.8) is 0 Å². The van der Waals surface area contributed by atoms with Crippen molar-refractivity contribution in [2.24, 2.45) is 0 Å². The number of benzene rings is 16. The molecular formula is C99H66N6S2. The van der Waals surface area contributed by atoms with Gasteiger partial charge in [0, 0.05) is 102 Å². The fourth-order valence-corrected chi connectivity index (χ4v) is 18.2. The smallest absolute Gasteiger partial charge is 0.235 e. The first-order valence-corrected chi connectivity index (χ1v) is 37.9. The van der Waals surface area contributed by atoms with Crippen LogP contribution in [0.3, 0.4) is 0 Å². The van der Waals surface area contributed by atoms with Gasteiger partial charge in [-0.05, 0) is 187 Å². The molecular weight excluding hydrogens is 1340 g/mol. The van der Waals surface area contributed by atoms with Crippen molar-refractivity contribution in [1.82, 2.24) is 19.9 Å². The van der Waals surface area contributed by atoms with E-state index < -0.39 is 0 Å². The van der Waals surface area contributed by atoms with Gasteiger partial charge in [-0.2, -0.15) is 0 Å². The minimum Gasteiger partial charge on any atom is -0.311 e. The molecule has 4 aromatic heterocycles. The quantitative estimate of drug-likeness (QED) is 0.129. The highest BCUT2D eigenvalue weighted by Crippen LogP contribution is 2.52. The Morgan fingerprint density at radius 2 is 0.636 bits per heavy atom. The van der Waals surface area contributed by atoms with Crippen LogP contribution in [0.25, 0.3) is 151 Å². The van der Waals surface area contributed by atoms with Crippen LogP contribution >= 0.6 is 22.7 Å². The van der Waals surface area contributed by atoms with Gasteiger partial charge in [0.2, 0.25) is 5.95 Å². The minimum atomic E-state index is -0.147. The normalized spacial score (nSPS) is 12.3. The lowest BCUT2D eigenvalue weighted by molar-refractivity contribution is 0.660. The van der Waals surface area contributed by atoms with E-state index in [1.54, 1.807) is 0 Å². The first kappa shape index (κ1) is 63.4. The highest BCUT2D eigenvalue weighted by atomic mass is 32.1. The number of hydrogen-bond acceptors (Lipinski definition) is 8. The third kappa shape index (κ3) is 11.4. The Balaban J connectivity index is 0.000000142. The van der Waals surface area contributed by atoms with E-state index in [2.05, 4.69) is 382 Å². The van der Waals surface area contributed by atoms with Crippen molar-refractivity contribution in [3.8, 4) is 67.3 Å². The maximum atomic E-state index is 5.50. The molecule has 0 unspecified atom stereocenters. The molecule has 1 aliphatic carbocycles. The Bertz CT molecular complexity index is 6830. The molecule has 8 heteroatoms. The highest BCUT2D eigenvalue weighted by molar-refractivity contribution is 7.26. The van der Waals surface area contributed by atoms with Gasteiger partial charge < -0.3 is 4.90 Å². The van der Waals surface area contributed by atoms with E-state index in [1.807, 2.05) is 28.7 Å². The van der Waals surface area contributed by atoms with Gasteiger partial charge in [-0.15, -0.1) is 22.7 Å². The Labute approximate surface area is 627 Å². The van der Waals surface area contributed by atoms with Crippen LogP contribution < -0.4 is 9.80 Å². The number of rotatable bonds is 11. The number of para-hydroxylation sites is 3. The van der Waals surface area contributed by atoms with Crippen LogP contribution in [0.1, 0.15) is 25.0 Å². The summed E-state index contributed by atoms with van der Waals surface area (Å²) in [5.41, 5.74) is 22.0. The van der Waals surface area contributed by atoms with Crippen LogP contribution in [-0.4, -0.2) is 19.9 Å². The second-order valence-corrected chi connectivity index (χ2v) is 30.3. The van der Waals surface area contributed by atoms with Gasteiger partial charge in [-0.3, -0.25) is 4.90 Å². The van der Waals surface area contributed by atoms with Gasteiger partial charge in [-0.25, -0.2) is 19.9 Å². The third-order valence-corrected chi connectivity index (χ3v) is 23.5.